The first-order chi connectivity index (χ1) is 12.1. The first-order valence-corrected chi connectivity index (χ1v) is 9.16. The van der Waals surface area contributed by atoms with Gasteiger partial charge in [-0.05, 0) is 25.2 Å². The summed E-state index contributed by atoms with van der Waals surface area (Å²) in [5.74, 6) is -0.410. The van der Waals surface area contributed by atoms with Gasteiger partial charge in [0.05, 0.1) is 23.7 Å². The van der Waals surface area contributed by atoms with Crippen molar-refractivity contribution in [1.29, 1.82) is 0 Å². The third-order valence-electron chi connectivity index (χ3n) is 5.68. The predicted octanol–water partition coefficient (Wildman–Crippen LogP) is 3.89. The molecule has 4 rings (SSSR count). The molecule has 5 nitrogen and oxygen atoms in total. The van der Waals surface area contributed by atoms with Crippen LogP contribution in [0.5, 0.6) is 0 Å². The zero-order valence-electron chi connectivity index (χ0n) is 14.3. The van der Waals surface area contributed by atoms with Gasteiger partial charge in [-0.2, -0.15) is 0 Å². The maximum absolute atomic E-state index is 11.7. The van der Waals surface area contributed by atoms with E-state index in [4.69, 9.17) is 0 Å². The number of hydrogen-bond acceptors (Lipinski definition) is 3. The van der Waals surface area contributed by atoms with Gasteiger partial charge in [-0.1, -0.05) is 56.0 Å². The maximum atomic E-state index is 11.7. The normalized spacial score (nSPS) is 26.5. The molecule has 0 radical (unpaired) electrons. The third kappa shape index (κ3) is 3.09. The molecule has 2 aliphatic rings. The monoisotopic (exact) mass is 340 g/mol. The minimum absolute atomic E-state index is 0.0607. The summed E-state index contributed by atoms with van der Waals surface area (Å²) in [6.45, 7) is 0. The Kier molecular flexibility index (Phi) is 4.12. The number of aromatic carboxylic acids is 1. The van der Waals surface area contributed by atoms with Crippen LogP contribution in [-0.4, -0.2) is 31.3 Å². The number of rotatable bonds is 5. The number of nitrogens with zero attached hydrogens (tertiary/aromatic N) is 2. The predicted molar refractivity (Wildman–Crippen MR) is 94.4 cm³/mol. The molecule has 0 aliphatic heterocycles. The van der Waals surface area contributed by atoms with Gasteiger partial charge in [0.1, 0.15) is 0 Å². The molecule has 2 atom stereocenters. The summed E-state index contributed by atoms with van der Waals surface area (Å²) in [6.07, 6.45) is 8.54. The van der Waals surface area contributed by atoms with Crippen molar-refractivity contribution in [1.82, 2.24) is 9.55 Å². The Labute approximate surface area is 147 Å². The number of carbonyl (C=O) groups is 1. The number of carboxylic acids is 1. The highest BCUT2D eigenvalue weighted by atomic mass is 16.4. The van der Waals surface area contributed by atoms with Gasteiger partial charge < -0.3 is 14.8 Å². The van der Waals surface area contributed by atoms with Gasteiger partial charge >= 0.3 is 5.97 Å². The van der Waals surface area contributed by atoms with E-state index in [-0.39, 0.29) is 11.7 Å². The lowest BCUT2D eigenvalue weighted by Gasteiger charge is -2.41. The van der Waals surface area contributed by atoms with Crippen molar-refractivity contribution in [2.75, 3.05) is 0 Å². The zero-order valence-corrected chi connectivity index (χ0v) is 14.3. The van der Waals surface area contributed by atoms with E-state index < -0.39 is 11.6 Å². The van der Waals surface area contributed by atoms with Gasteiger partial charge in [-0.3, -0.25) is 0 Å². The van der Waals surface area contributed by atoms with Crippen LogP contribution in [-0.2, 0) is 0 Å². The van der Waals surface area contributed by atoms with Crippen LogP contribution in [0, 0.1) is 5.92 Å². The Morgan fingerprint density at radius 3 is 2.64 bits per heavy atom. The molecule has 5 heteroatoms. The van der Waals surface area contributed by atoms with E-state index in [0.29, 0.717) is 11.6 Å². The van der Waals surface area contributed by atoms with E-state index in [1.165, 1.54) is 12.8 Å². The van der Waals surface area contributed by atoms with Gasteiger partial charge in [0.15, 0.2) is 5.69 Å². The van der Waals surface area contributed by atoms with E-state index in [2.05, 4.69) is 4.98 Å². The van der Waals surface area contributed by atoms with Crippen molar-refractivity contribution in [3.05, 3.63) is 42.4 Å². The van der Waals surface area contributed by atoms with Gasteiger partial charge in [0, 0.05) is 5.56 Å². The molecule has 0 spiro atoms. The molecular weight excluding hydrogens is 316 g/mol. The molecule has 0 amide bonds. The van der Waals surface area contributed by atoms with Crippen LogP contribution in [0.3, 0.4) is 0 Å². The number of imidazole rings is 1. The second-order valence-corrected chi connectivity index (χ2v) is 7.53. The van der Waals surface area contributed by atoms with Crippen molar-refractivity contribution >= 4 is 5.97 Å². The van der Waals surface area contributed by atoms with Crippen molar-refractivity contribution in [3.63, 3.8) is 0 Å². The Bertz CT molecular complexity index is 767. The fraction of sp³-hybridized carbons (Fsp3) is 0.500. The Hall–Kier alpha value is -2.14. The summed E-state index contributed by atoms with van der Waals surface area (Å²) in [5.41, 5.74) is 0.732. The third-order valence-corrected chi connectivity index (χ3v) is 5.68. The first-order valence-electron chi connectivity index (χ1n) is 9.16. The molecule has 0 bridgehead atoms. The number of aliphatic hydroxyl groups is 1. The van der Waals surface area contributed by atoms with Crippen LogP contribution >= 0.6 is 0 Å². The number of carboxylic acid groups (broad SMARTS) is 1. The molecule has 132 valence electrons. The van der Waals surface area contributed by atoms with E-state index in [1.54, 1.807) is 6.33 Å². The Morgan fingerprint density at radius 2 is 1.96 bits per heavy atom. The SMILES string of the molecule is O=C(O)c1ncn([C@@H]2CCCC[C@@]2(O)CC2CC2)c1-c1ccccc1. The average Bonchev–Trinajstić information content (AvgIpc) is 3.29. The molecular formula is C20H24N2O3. The minimum atomic E-state index is -1.03. The average molecular weight is 340 g/mol. The van der Waals surface area contributed by atoms with E-state index in [9.17, 15) is 15.0 Å². The van der Waals surface area contributed by atoms with Crippen molar-refractivity contribution in [2.24, 2.45) is 5.92 Å². The number of aromatic nitrogens is 2. The second-order valence-electron chi connectivity index (χ2n) is 7.53. The van der Waals surface area contributed by atoms with Crippen molar-refractivity contribution in [3.8, 4) is 11.3 Å². The van der Waals surface area contributed by atoms with Crippen LogP contribution in [0.1, 0.15) is 61.5 Å². The molecule has 2 saturated carbocycles. The molecule has 0 unspecified atom stereocenters. The Balaban J connectivity index is 1.79. The highest BCUT2D eigenvalue weighted by molar-refractivity contribution is 5.93. The maximum Gasteiger partial charge on any atom is 0.356 e. The molecule has 0 saturated heterocycles. The lowest BCUT2D eigenvalue weighted by molar-refractivity contribution is -0.0518. The van der Waals surface area contributed by atoms with Crippen LogP contribution in [0.15, 0.2) is 36.7 Å². The fourth-order valence-electron chi connectivity index (χ4n) is 4.30. The summed E-state index contributed by atoms with van der Waals surface area (Å²) in [4.78, 5) is 15.9. The van der Waals surface area contributed by atoms with Crippen LogP contribution in [0.4, 0.5) is 0 Å². The highest BCUT2D eigenvalue weighted by Crippen LogP contribution is 2.48. The van der Waals surface area contributed by atoms with Crippen molar-refractivity contribution < 1.29 is 15.0 Å². The van der Waals surface area contributed by atoms with Gasteiger partial charge in [0.25, 0.3) is 0 Å². The van der Waals surface area contributed by atoms with Crippen LogP contribution in [0.25, 0.3) is 11.3 Å². The molecule has 2 N–H and O–H groups in total. The molecule has 1 heterocycles. The molecule has 1 aromatic heterocycles. The second kappa shape index (κ2) is 6.30. The topological polar surface area (TPSA) is 75.3 Å². The molecule has 2 aliphatic carbocycles. The molecule has 25 heavy (non-hydrogen) atoms. The fourth-order valence-corrected chi connectivity index (χ4v) is 4.30. The van der Waals surface area contributed by atoms with E-state index in [1.807, 2.05) is 34.9 Å². The summed E-state index contributed by atoms with van der Waals surface area (Å²) in [6, 6.07) is 9.41. The summed E-state index contributed by atoms with van der Waals surface area (Å²) in [7, 11) is 0. The molecule has 2 aromatic rings. The van der Waals surface area contributed by atoms with Crippen molar-refractivity contribution in [2.45, 2.75) is 56.6 Å². The lowest BCUT2D eigenvalue weighted by Crippen LogP contribution is -2.42. The summed E-state index contributed by atoms with van der Waals surface area (Å²) >= 11 is 0. The standard InChI is InChI=1S/C20H24N2O3/c23-19(24)17-18(15-6-2-1-3-7-15)22(13-21-17)16-8-4-5-11-20(16,25)12-14-9-10-14/h1-3,6-7,13-14,16,25H,4-5,8-12H2,(H,23,24)/t16-,20-/m1/s1. The lowest BCUT2D eigenvalue weighted by atomic mass is 9.76. The molecule has 2 fully saturated rings. The van der Waals surface area contributed by atoms with Gasteiger partial charge in [-0.15, -0.1) is 0 Å². The molecule has 1 aromatic carbocycles. The van der Waals surface area contributed by atoms with E-state index >= 15 is 0 Å². The van der Waals surface area contributed by atoms with Crippen LogP contribution in [0.2, 0.25) is 0 Å². The highest BCUT2D eigenvalue weighted by Gasteiger charge is 2.44. The van der Waals surface area contributed by atoms with Gasteiger partial charge in [0.2, 0.25) is 0 Å². The Morgan fingerprint density at radius 1 is 1.20 bits per heavy atom. The number of hydrogen-bond donors (Lipinski definition) is 2. The quantitative estimate of drug-likeness (QED) is 0.866. The zero-order chi connectivity index (χ0) is 17.4. The summed E-state index contributed by atoms with van der Waals surface area (Å²) < 4.78 is 1.93. The van der Waals surface area contributed by atoms with Crippen LogP contribution < -0.4 is 0 Å². The van der Waals surface area contributed by atoms with Gasteiger partial charge in [-0.25, -0.2) is 9.78 Å². The summed E-state index contributed by atoms with van der Waals surface area (Å²) in [5, 5.41) is 21.0. The number of benzene rings is 1. The first kappa shape index (κ1) is 16.3. The smallest absolute Gasteiger partial charge is 0.356 e. The van der Waals surface area contributed by atoms with E-state index in [0.717, 1.165) is 37.7 Å². The minimum Gasteiger partial charge on any atom is -0.476 e. The largest absolute Gasteiger partial charge is 0.476 e.